The highest BCUT2D eigenvalue weighted by molar-refractivity contribution is 5.68. The second-order valence-corrected chi connectivity index (χ2v) is 2.94. The average molecular weight is 203 g/mol. The van der Waals surface area contributed by atoms with Gasteiger partial charge in [-0.3, -0.25) is 4.79 Å². The quantitative estimate of drug-likeness (QED) is 0.641. The maximum atomic E-state index is 10.3. The molecule has 0 aliphatic heterocycles. The summed E-state index contributed by atoms with van der Waals surface area (Å²) in [5.74, 6) is -0.866. The van der Waals surface area contributed by atoms with Gasteiger partial charge in [-0.15, -0.1) is 0 Å². The van der Waals surface area contributed by atoms with Crippen LogP contribution in [0.5, 0.6) is 0 Å². The Morgan fingerprint density at radius 2 is 1.93 bits per heavy atom. The number of hydrogen-bond donors (Lipinski definition) is 2. The second-order valence-electron chi connectivity index (χ2n) is 2.94. The van der Waals surface area contributed by atoms with Gasteiger partial charge in [0.05, 0.1) is 6.04 Å². The summed E-state index contributed by atoms with van der Waals surface area (Å²) in [6.45, 7) is 6.81. The summed E-state index contributed by atoms with van der Waals surface area (Å²) in [5, 5.41) is 11.1. The van der Waals surface area contributed by atoms with Crippen LogP contribution in [0.4, 0.5) is 0 Å². The van der Waals surface area contributed by atoms with E-state index in [1.807, 2.05) is 6.92 Å². The van der Waals surface area contributed by atoms with E-state index in [9.17, 15) is 9.59 Å². The van der Waals surface area contributed by atoms with Crippen molar-refractivity contribution in [2.45, 2.75) is 46.1 Å². The van der Waals surface area contributed by atoms with E-state index in [1.54, 1.807) is 0 Å². The van der Waals surface area contributed by atoms with Gasteiger partial charge in [0.15, 0.2) is 0 Å². The van der Waals surface area contributed by atoms with E-state index in [1.165, 1.54) is 6.42 Å². The highest BCUT2D eigenvalue weighted by atomic mass is 16.4. The molecule has 0 aliphatic carbocycles. The summed E-state index contributed by atoms with van der Waals surface area (Å²) in [6.07, 6.45) is 2.40. The Morgan fingerprint density at radius 3 is 2.21 bits per heavy atom. The van der Waals surface area contributed by atoms with Crippen LogP contribution in [0.25, 0.3) is 0 Å². The maximum absolute atomic E-state index is 10.3. The Kier molecular flexibility index (Phi) is 13.5. The van der Waals surface area contributed by atoms with E-state index in [2.05, 4.69) is 19.2 Å². The molecular formula is C10H21NO3. The minimum absolute atomic E-state index is 0.0381. The first-order valence-electron chi connectivity index (χ1n) is 5.02. The van der Waals surface area contributed by atoms with Gasteiger partial charge in [0.2, 0.25) is 0 Å². The zero-order valence-electron chi connectivity index (χ0n) is 9.25. The van der Waals surface area contributed by atoms with Gasteiger partial charge in [-0.2, -0.15) is 0 Å². The zero-order chi connectivity index (χ0) is 11.4. The first kappa shape index (κ1) is 15.6. The molecule has 0 spiro atoms. The number of aldehydes is 1. The van der Waals surface area contributed by atoms with Crippen molar-refractivity contribution in [1.29, 1.82) is 0 Å². The predicted octanol–water partition coefficient (Wildman–Crippen LogP) is 1.44. The Hall–Kier alpha value is -0.900. The molecule has 0 saturated carbocycles. The standard InChI is InChI=1S/C7H13NO3.C3H8/c1-2-8-6(5-9)3-4-7(10)11;1-3-2/h5-6,8H,2-4H2,1H3,(H,10,11);3H2,1-2H3/t6-;/m1./s1. The van der Waals surface area contributed by atoms with E-state index in [-0.39, 0.29) is 12.5 Å². The van der Waals surface area contributed by atoms with Crippen molar-refractivity contribution in [3.05, 3.63) is 0 Å². The molecule has 2 N–H and O–H groups in total. The smallest absolute Gasteiger partial charge is 0.303 e. The number of hydrogen-bond acceptors (Lipinski definition) is 3. The fraction of sp³-hybridized carbons (Fsp3) is 0.800. The van der Waals surface area contributed by atoms with Crippen molar-refractivity contribution in [1.82, 2.24) is 5.32 Å². The van der Waals surface area contributed by atoms with Crippen LogP contribution in [0, 0.1) is 0 Å². The van der Waals surface area contributed by atoms with Crippen LogP contribution in [-0.4, -0.2) is 29.9 Å². The molecule has 0 aromatic heterocycles. The number of nitrogens with one attached hydrogen (secondary N) is 1. The maximum Gasteiger partial charge on any atom is 0.303 e. The highest BCUT2D eigenvalue weighted by Gasteiger charge is 2.06. The van der Waals surface area contributed by atoms with Gasteiger partial charge >= 0.3 is 5.97 Å². The molecule has 0 radical (unpaired) electrons. The van der Waals surface area contributed by atoms with Gasteiger partial charge in [-0.25, -0.2) is 0 Å². The van der Waals surface area contributed by atoms with Crippen molar-refractivity contribution in [2.24, 2.45) is 0 Å². The Morgan fingerprint density at radius 1 is 1.43 bits per heavy atom. The summed E-state index contributed by atoms with van der Waals surface area (Å²) in [5.41, 5.74) is 0. The molecule has 0 aliphatic rings. The van der Waals surface area contributed by atoms with Crippen molar-refractivity contribution in [2.75, 3.05) is 6.54 Å². The second kappa shape index (κ2) is 12.1. The number of rotatable bonds is 6. The number of carboxylic acids is 1. The van der Waals surface area contributed by atoms with Crippen LogP contribution in [0.15, 0.2) is 0 Å². The zero-order valence-corrected chi connectivity index (χ0v) is 9.25. The molecule has 0 heterocycles. The summed E-state index contributed by atoms with van der Waals surface area (Å²) >= 11 is 0. The van der Waals surface area contributed by atoms with Gasteiger partial charge in [0, 0.05) is 6.42 Å². The first-order valence-corrected chi connectivity index (χ1v) is 5.02. The molecule has 84 valence electrons. The van der Waals surface area contributed by atoms with Gasteiger partial charge < -0.3 is 15.2 Å². The Balaban J connectivity index is 0. The van der Waals surface area contributed by atoms with Gasteiger partial charge in [0.1, 0.15) is 6.29 Å². The van der Waals surface area contributed by atoms with E-state index in [4.69, 9.17) is 5.11 Å². The molecule has 0 fully saturated rings. The van der Waals surface area contributed by atoms with E-state index in [0.717, 1.165) is 6.29 Å². The largest absolute Gasteiger partial charge is 0.481 e. The third kappa shape index (κ3) is 13.7. The minimum atomic E-state index is -0.866. The molecule has 0 aromatic rings. The summed E-state index contributed by atoms with van der Waals surface area (Å²) in [7, 11) is 0. The lowest BCUT2D eigenvalue weighted by molar-refractivity contribution is -0.137. The minimum Gasteiger partial charge on any atom is -0.481 e. The SMILES string of the molecule is CCC.CCN[C@@H](C=O)CCC(=O)O. The molecule has 0 rings (SSSR count). The number of carboxylic acid groups (broad SMARTS) is 1. The molecule has 4 heteroatoms. The topological polar surface area (TPSA) is 66.4 Å². The molecule has 0 aromatic carbocycles. The van der Waals surface area contributed by atoms with E-state index < -0.39 is 5.97 Å². The fourth-order valence-corrected chi connectivity index (χ4v) is 0.759. The molecule has 0 unspecified atom stereocenters. The highest BCUT2D eigenvalue weighted by Crippen LogP contribution is 1.93. The Labute approximate surface area is 85.7 Å². The lowest BCUT2D eigenvalue weighted by Crippen LogP contribution is -2.30. The number of carbonyl (C=O) groups is 2. The van der Waals surface area contributed by atoms with Gasteiger partial charge in [-0.05, 0) is 13.0 Å². The number of carbonyl (C=O) groups excluding carboxylic acids is 1. The van der Waals surface area contributed by atoms with Gasteiger partial charge in [-0.1, -0.05) is 27.2 Å². The summed E-state index contributed by atoms with van der Waals surface area (Å²) in [4.78, 5) is 20.3. The lowest BCUT2D eigenvalue weighted by Gasteiger charge is -2.07. The van der Waals surface area contributed by atoms with Crippen molar-refractivity contribution in [3.63, 3.8) is 0 Å². The summed E-state index contributed by atoms with van der Waals surface area (Å²) < 4.78 is 0. The van der Waals surface area contributed by atoms with Crippen LogP contribution < -0.4 is 5.32 Å². The van der Waals surface area contributed by atoms with Crippen molar-refractivity contribution >= 4 is 12.3 Å². The van der Waals surface area contributed by atoms with Crippen LogP contribution in [-0.2, 0) is 9.59 Å². The van der Waals surface area contributed by atoms with E-state index >= 15 is 0 Å². The first-order chi connectivity index (χ1) is 6.62. The van der Waals surface area contributed by atoms with Crippen LogP contribution in [0.1, 0.15) is 40.0 Å². The molecular weight excluding hydrogens is 182 g/mol. The molecule has 0 bridgehead atoms. The van der Waals surface area contributed by atoms with Crippen molar-refractivity contribution < 1.29 is 14.7 Å². The van der Waals surface area contributed by atoms with Crippen LogP contribution >= 0.6 is 0 Å². The number of likely N-dealkylation sites (N-methyl/N-ethyl adjacent to an activating group) is 1. The molecule has 14 heavy (non-hydrogen) atoms. The van der Waals surface area contributed by atoms with Gasteiger partial charge in [0.25, 0.3) is 0 Å². The molecule has 0 saturated heterocycles. The van der Waals surface area contributed by atoms with Crippen molar-refractivity contribution in [3.8, 4) is 0 Å². The molecule has 4 nitrogen and oxygen atoms in total. The normalized spacial score (nSPS) is 11.1. The monoisotopic (exact) mass is 203 g/mol. The number of aliphatic carboxylic acids is 1. The fourth-order valence-electron chi connectivity index (χ4n) is 0.759. The van der Waals surface area contributed by atoms with E-state index in [0.29, 0.717) is 13.0 Å². The molecule has 1 atom stereocenters. The summed E-state index contributed by atoms with van der Waals surface area (Å²) in [6, 6.07) is -0.309. The predicted molar refractivity (Wildman–Crippen MR) is 56.4 cm³/mol. The third-order valence-electron chi connectivity index (χ3n) is 1.30. The lowest BCUT2D eigenvalue weighted by atomic mass is 10.2. The Bertz CT molecular complexity index is 148. The average Bonchev–Trinajstić information content (AvgIpc) is 2.13. The van der Waals surface area contributed by atoms with Crippen LogP contribution in [0.2, 0.25) is 0 Å². The third-order valence-corrected chi connectivity index (χ3v) is 1.30. The molecule has 0 amide bonds. The van der Waals surface area contributed by atoms with Crippen LogP contribution in [0.3, 0.4) is 0 Å².